The highest BCUT2D eigenvalue weighted by Gasteiger charge is 2.14. The second-order valence-electron chi connectivity index (χ2n) is 3.65. The number of benzene rings is 1. The molecule has 1 aromatic heterocycles. The SMILES string of the molecule is Cn1[nH]c(=O)c(=O)nc1Sc1ccc(C#N)c(Br)c1F. The van der Waals surface area contributed by atoms with Crippen molar-refractivity contribution in [2.24, 2.45) is 7.05 Å². The Morgan fingerprint density at radius 1 is 1.50 bits per heavy atom. The fourth-order valence-electron chi connectivity index (χ4n) is 1.35. The van der Waals surface area contributed by atoms with Crippen molar-refractivity contribution < 1.29 is 4.39 Å². The molecular weight excluding hydrogens is 351 g/mol. The lowest BCUT2D eigenvalue weighted by molar-refractivity contribution is 0.584. The third kappa shape index (κ3) is 2.66. The van der Waals surface area contributed by atoms with Crippen LogP contribution in [0.1, 0.15) is 5.56 Å². The molecule has 9 heteroatoms. The monoisotopic (exact) mass is 356 g/mol. The molecule has 1 N–H and O–H groups in total. The molecule has 6 nitrogen and oxygen atoms in total. The van der Waals surface area contributed by atoms with E-state index in [9.17, 15) is 14.0 Å². The van der Waals surface area contributed by atoms with Gasteiger partial charge in [-0.2, -0.15) is 10.2 Å². The van der Waals surface area contributed by atoms with Gasteiger partial charge in [0.05, 0.1) is 14.9 Å². The van der Waals surface area contributed by atoms with Gasteiger partial charge in [-0.3, -0.25) is 19.4 Å². The smallest absolute Gasteiger partial charge is 0.265 e. The van der Waals surface area contributed by atoms with E-state index in [1.54, 1.807) is 0 Å². The van der Waals surface area contributed by atoms with Gasteiger partial charge in [0.1, 0.15) is 6.07 Å². The van der Waals surface area contributed by atoms with E-state index in [2.05, 4.69) is 26.0 Å². The Hall–Kier alpha value is -1.92. The van der Waals surface area contributed by atoms with Crippen LogP contribution < -0.4 is 11.1 Å². The summed E-state index contributed by atoms with van der Waals surface area (Å²) >= 11 is 3.86. The van der Waals surface area contributed by atoms with Crippen LogP contribution in [0.3, 0.4) is 0 Å². The van der Waals surface area contributed by atoms with Gasteiger partial charge in [0.15, 0.2) is 11.0 Å². The van der Waals surface area contributed by atoms with Gasteiger partial charge in [-0.1, -0.05) is 0 Å². The maximum atomic E-state index is 14.0. The molecule has 0 amide bonds. The fourth-order valence-corrected chi connectivity index (χ4v) is 2.75. The number of rotatable bonds is 2. The largest absolute Gasteiger partial charge is 0.339 e. The number of aryl methyl sites for hydroxylation is 1. The van der Waals surface area contributed by atoms with E-state index in [-0.39, 0.29) is 20.1 Å². The zero-order chi connectivity index (χ0) is 14.9. The van der Waals surface area contributed by atoms with Crippen LogP contribution in [0.15, 0.2) is 36.2 Å². The van der Waals surface area contributed by atoms with Crippen molar-refractivity contribution >= 4 is 27.7 Å². The van der Waals surface area contributed by atoms with Crippen molar-refractivity contribution in [2.75, 3.05) is 0 Å². The summed E-state index contributed by atoms with van der Waals surface area (Å²) in [6.07, 6.45) is 0. The van der Waals surface area contributed by atoms with Crippen molar-refractivity contribution in [3.05, 3.63) is 48.7 Å². The molecule has 1 aromatic carbocycles. The minimum Gasteiger partial charge on any atom is -0.265 e. The molecule has 2 rings (SSSR count). The average molecular weight is 357 g/mol. The first-order chi connectivity index (χ1) is 9.43. The number of hydrogen-bond acceptors (Lipinski definition) is 5. The molecule has 0 radical (unpaired) electrons. The predicted molar refractivity (Wildman–Crippen MR) is 73.0 cm³/mol. The van der Waals surface area contributed by atoms with Gasteiger partial charge >= 0.3 is 11.1 Å². The summed E-state index contributed by atoms with van der Waals surface area (Å²) < 4.78 is 15.3. The van der Waals surface area contributed by atoms with E-state index >= 15 is 0 Å². The maximum Gasteiger partial charge on any atom is 0.339 e. The van der Waals surface area contributed by atoms with Gasteiger partial charge in [-0.15, -0.1) is 0 Å². The number of nitrogens with one attached hydrogen (secondary N) is 1. The Morgan fingerprint density at radius 3 is 2.85 bits per heavy atom. The number of H-pyrrole nitrogens is 1. The molecule has 0 aliphatic heterocycles. The highest BCUT2D eigenvalue weighted by Crippen LogP contribution is 2.32. The third-order valence-corrected chi connectivity index (χ3v) is 4.17. The number of aromatic nitrogens is 3. The molecule has 0 saturated carbocycles. The lowest BCUT2D eigenvalue weighted by Crippen LogP contribution is -2.33. The molecule has 1 heterocycles. The lowest BCUT2D eigenvalue weighted by Gasteiger charge is -2.07. The second-order valence-corrected chi connectivity index (χ2v) is 5.45. The van der Waals surface area contributed by atoms with Gasteiger partial charge in [0, 0.05) is 7.05 Å². The van der Waals surface area contributed by atoms with Crippen LogP contribution in [0.5, 0.6) is 0 Å². The maximum absolute atomic E-state index is 14.0. The minimum absolute atomic E-state index is 0.0411. The average Bonchev–Trinajstić information content (AvgIpc) is 2.41. The van der Waals surface area contributed by atoms with Crippen LogP contribution in [0.25, 0.3) is 0 Å². The number of aromatic amines is 1. The summed E-state index contributed by atoms with van der Waals surface area (Å²) in [4.78, 5) is 26.0. The first kappa shape index (κ1) is 14.5. The van der Waals surface area contributed by atoms with E-state index in [1.165, 1.54) is 23.9 Å². The van der Waals surface area contributed by atoms with Gasteiger partial charge in [-0.05, 0) is 39.8 Å². The Morgan fingerprint density at radius 2 is 2.20 bits per heavy atom. The third-order valence-electron chi connectivity index (χ3n) is 2.32. The molecule has 0 aliphatic rings. The molecule has 0 spiro atoms. The molecule has 102 valence electrons. The molecule has 0 atom stereocenters. The van der Waals surface area contributed by atoms with Crippen LogP contribution in [0, 0.1) is 17.1 Å². The molecule has 0 saturated heterocycles. The Bertz CT molecular complexity index is 840. The predicted octanol–water partition coefficient (Wildman–Crippen LogP) is 1.39. The van der Waals surface area contributed by atoms with Crippen molar-refractivity contribution in [1.82, 2.24) is 14.8 Å². The van der Waals surface area contributed by atoms with Crippen molar-refractivity contribution in [2.45, 2.75) is 10.1 Å². The quantitative estimate of drug-likeness (QED) is 0.821. The molecule has 20 heavy (non-hydrogen) atoms. The van der Waals surface area contributed by atoms with E-state index in [4.69, 9.17) is 5.26 Å². The zero-order valence-corrected chi connectivity index (χ0v) is 12.4. The second kappa shape index (κ2) is 5.60. The summed E-state index contributed by atoms with van der Waals surface area (Å²) in [5, 5.41) is 11.2. The zero-order valence-electron chi connectivity index (χ0n) is 9.98. The van der Waals surface area contributed by atoms with E-state index < -0.39 is 16.9 Å². The topological polar surface area (TPSA) is 91.5 Å². The summed E-state index contributed by atoms with van der Waals surface area (Å²) in [5.74, 6) is -0.630. The summed E-state index contributed by atoms with van der Waals surface area (Å²) in [6.45, 7) is 0. The summed E-state index contributed by atoms with van der Waals surface area (Å²) in [6, 6.07) is 4.69. The lowest BCUT2D eigenvalue weighted by atomic mass is 10.2. The standard InChI is InChI=1S/C11H6BrFN4O2S/c1-17-11(15-9(18)10(19)16-17)20-6-3-2-5(4-14)7(12)8(6)13/h2-3H,1H3,(H,16,19). The Kier molecular flexibility index (Phi) is 4.06. The van der Waals surface area contributed by atoms with Crippen molar-refractivity contribution in [3.8, 4) is 6.07 Å². The summed E-state index contributed by atoms with van der Waals surface area (Å²) in [7, 11) is 1.48. The molecule has 0 bridgehead atoms. The van der Waals surface area contributed by atoms with E-state index in [0.29, 0.717) is 0 Å². The molecule has 0 unspecified atom stereocenters. The van der Waals surface area contributed by atoms with E-state index in [1.807, 2.05) is 6.07 Å². The van der Waals surface area contributed by atoms with Crippen LogP contribution in [-0.4, -0.2) is 14.8 Å². The molecule has 0 fully saturated rings. The van der Waals surface area contributed by atoms with Crippen LogP contribution in [0.4, 0.5) is 4.39 Å². The highest BCUT2D eigenvalue weighted by molar-refractivity contribution is 9.10. The van der Waals surface area contributed by atoms with Crippen LogP contribution >= 0.6 is 27.7 Å². The van der Waals surface area contributed by atoms with Gasteiger partial charge in [0.2, 0.25) is 0 Å². The van der Waals surface area contributed by atoms with Crippen LogP contribution in [-0.2, 0) is 7.05 Å². The Balaban J connectivity index is 2.49. The number of nitriles is 1. The van der Waals surface area contributed by atoms with Crippen molar-refractivity contribution in [1.29, 1.82) is 5.26 Å². The molecular formula is C11H6BrFN4O2S. The first-order valence-electron chi connectivity index (χ1n) is 5.17. The summed E-state index contributed by atoms with van der Waals surface area (Å²) in [5.41, 5.74) is -1.63. The van der Waals surface area contributed by atoms with Crippen molar-refractivity contribution in [3.63, 3.8) is 0 Å². The first-order valence-corrected chi connectivity index (χ1v) is 6.78. The molecule has 2 aromatic rings. The number of nitrogens with zero attached hydrogens (tertiary/aromatic N) is 3. The van der Waals surface area contributed by atoms with Gasteiger partial charge in [-0.25, -0.2) is 4.39 Å². The van der Waals surface area contributed by atoms with E-state index in [0.717, 1.165) is 11.8 Å². The van der Waals surface area contributed by atoms with Gasteiger partial charge < -0.3 is 0 Å². The number of hydrogen-bond donors (Lipinski definition) is 1. The normalized spacial score (nSPS) is 10.3. The number of halogens is 2. The fraction of sp³-hybridized carbons (Fsp3) is 0.0909. The highest BCUT2D eigenvalue weighted by atomic mass is 79.9. The molecule has 0 aliphatic carbocycles. The van der Waals surface area contributed by atoms with Crippen LogP contribution in [0.2, 0.25) is 0 Å². The van der Waals surface area contributed by atoms with Gasteiger partial charge in [0.25, 0.3) is 0 Å². The Labute approximate surface area is 124 Å². The minimum atomic E-state index is -0.946.